The van der Waals surface area contributed by atoms with E-state index >= 15 is 0 Å². The summed E-state index contributed by atoms with van der Waals surface area (Å²) in [6.07, 6.45) is 44.7. The lowest BCUT2D eigenvalue weighted by Crippen LogP contribution is -2.30. The second-order valence-electron chi connectivity index (χ2n) is 25.5. The van der Waals surface area contributed by atoms with E-state index in [4.69, 9.17) is 37.0 Å². The van der Waals surface area contributed by atoms with Crippen LogP contribution < -0.4 is 0 Å². The molecule has 516 valence electrons. The molecule has 0 bridgehead atoms. The number of aliphatic hydroxyl groups is 1. The van der Waals surface area contributed by atoms with Gasteiger partial charge in [-0.25, -0.2) is 9.13 Å². The minimum atomic E-state index is -4.95. The minimum Gasteiger partial charge on any atom is -0.462 e. The van der Waals surface area contributed by atoms with Crippen LogP contribution in [-0.2, 0) is 65.4 Å². The number of ether oxygens (including phenoxy) is 4. The molecule has 17 nitrogen and oxygen atoms in total. The fourth-order valence-electron chi connectivity index (χ4n) is 10.2. The molecule has 2 unspecified atom stereocenters. The third-order valence-corrected chi connectivity index (χ3v) is 17.6. The van der Waals surface area contributed by atoms with E-state index < -0.39 is 97.5 Å². The molecule has 0 saturated carbocycles. The van der Waals surface area contributed by atoms with Gasteiger partial charge in [0.05, 0.1) is 26.4 Å². The molecule has 0 aromatic rings. The van der Waals surface area contributed by atoms with Crippen LogP contribution >= 0.6 is 15.6 Å². The maximum absolute atomic E-state index is 13.0. The highest BCUT2D eigenvalue weighted by atomic mass is 31.2. The molecule has 0 aliphatic rings. The summed E-state index contributed by atoms with van der Waals surface area (Å²) in [5.41, 5.74) is 0. The fraction of sp³-hybridized carbons (Fsp3) is 0.941. The summed E-state index contributed by atoms with van der Waals surface area (Å²) in [5, 5.41) is 10.5. The van der Waals surface area contributed by atoms with Crippen LogP contribution in [0.15, 0.2) is 0 Å². The SMILES string of the molecule is CCCCCCCCCCCCCCCCC(=O)O[C@H](COC(=O)CCCCCCC)COP(=O)(O)OC[C@H](O)COP(=O)(O)OC[C@@H](COC(=O)CCCCCCCCCCCCCC(C)C)OC(=O)CCCCCCCCCCCCCC(C)C. The summed E-state index contributed by atoms with van der Waals surface area (Å²) in [6, 6.07) is 0. The summed E-state index contributed by atoms with van der Waals surface area (Å²) in [7, 11) is -9.89. The highest BCUT2D eigenvalue weighted by Gasteiger charge is 2.30. The van der Waals surface area contributed by atoms with Gasteiger partial charge in [0, 0.05) is 25.7 Å². The van der Waals surface area contributed by atoms with Gasteiger partial charge in [-0.15, -0.1) is 0 Å². The predicted molar refractivity (Wildman–Crippen MR) is 349 cm³/mol. The molecule has 0 radical (unpaired) electrons. The molecule has 0 saturated heterocycles. The van der Waals surface area contributed by atoms with Crippen molar-refractivity contribution < 1.29 is 80.2 Å². The molecule has 0 aliphatic carbocycles. The first-order chi connectivity index (χ1) is 41.9. The zero-order valence-electron chi connectivity index (χ0n) is 56.3. The normalized spacial score (nSPS) is 14.2. The zero-order chi connectivity index (χ0) is 64.3. The fourth-order valence-corrected chi connectivity index (χ4v) is 11.8. The third kappa shape index (κ3) is 62.6. The number of rotatable bonds is 67. The van der Waals surface area contributed by atoms with Crippen LogP contribution in [0.5, 0.6) is 0 Å². The lowest BCUT2D eigenvalue weighted by atomic mass is 10.0. The molecule has 0 fully saturated rings. The Labute approximate surface area is 530 Å². The largest absolute Gasteiger partial charge is 0.472 e. The van der Waals surface area contributed by atoms with Gasteiger partial charge in [0.25, 0.3) is 0 Å². The number of carbonyl (C=O) groups is 4. The van der Waals surface area contributed by atoms with Gasteiger partial charge in [0.1, 0.15) is 19.3 Å². The van der Waals surface area contributed by atoms with Crippen LogP contribution in [0.25, 0.3) is 0 Å². The summed E-state index contributed by atoms with van der Waals surface area (Å²) < 4.78 is 68.0. The van der Waals surface area contributed by atoms with E-state index in [2.05, 4.69) is 41.5 Å². The van der Waals surface area contributed by atoms with Crippen LogP contribution in [0.1, 0.15) is 343 Å². The topological polar surface area (TPSA) is 237 Å². The Kier molecular flexibility index (Phi) is 59.0. The molecule has 3 N–H and O–H groups in total. The smallest absolute Gasteiger partial charge is 0.462 e. The Morgan fingerprint density at radius 3 is 0.782 bits per heavy atom. The quantitative estimate of drug-likeness (QED) is 0.0222. The number of aliphatic hydroxyl groups excluding tert-OH is 1. The van der Waals surface area contributed by atoms with Crippen LogP contribution in [0, 0.1) is 11.8 Å². The maximum atomic E-state index is 13.0. The van der Waals surface area contributed by atoms with Gasteiger partial charge in [-0.2, -0.15) is 0 Å². The standard InChI is InChI=1S/C68H132O17P2/c1-7-9-11-13-14-15-16-17-18-23-29-34-40-46-52-67(72)84-63(56-78-65(70)50-44-36-12-10-8-2)58-82-86(74,75)80-54-62(69)55-81-87(76,77)83-59-64(85-68(73)53-47-41-35-30-25-20-22-27-32-38-43-49-61(5)6)57-79-66(71)51-45-39-33-28-24-19-21-26-31-37-42-48-60(3)4/h60-64,69H,7-59H2,1-6H3,(H,74,75)(H,76,77)/t62-,63+,64+/m0/s1. The van der Waals surface area contributed by atoms with Crippen molar-refractivity contribution in [3.63, 3.8) is 0 Å². The number of phosphoric ester groups is 2. The number of esters is 4. The molecule has 0 aliphatic heterocycles. The first kappa shape index (κ1) is 85.1. The first-order valence-electron chi connectivity index (χ1n) is 35.5. The molecule has 0 spiro atoms. The summed E-state index contributed by atoms with van der Waals surface area (Å²) in [6.45, 7) is 9.46. The second-order valence-corrected chi connectivity index (χ2v) is 28.4. The Balaban J connectivity index is 5.16. The van der Waals surface area contributed by atoms with Gasteiger partial charge < -0.3 is 33.8 Å². The number of unbranched alkanes of at least 4 members (excludes halogenated alkanes) is 37. The molecule has 0 rings (SSSR count). The van der Waals surface area contributed by atoms with Gasteiger partial charge in [-0.3, -0.25) is 37.3 Å². The van der Waals surface area contributed by atoms with Crippen molar-refractivity contribution in [2.75, 3.05) is 39.6 Å². The Morgan fingerprint density at radius 1 is 0.310 bits per heavy atom. The van der Waals surface area contributed by atoms with Gasteiger partial charge in [0.15, 0.2) is 12.2 Å². The Morgan fingerprint density at radius 2 is 0.529 bits per heavy atom. The van der Waals surface area contributed by atoms with E-state index in [-0.39, 0.29) is 25.7 Å². The van der Waals surface area contributed by atoms with Gasteiger partial charge in [0.2, 0.25) is 0 Å². The van der Waals surface area contributed by atoms with E-state index in [1.807, 2.05) is 0 Å². The van der Waals surface area contributed by atoms with Crippen LogP contribution in [-0.4, -0.2) is 96.7 Å². The summed E-state index contributed by atoms with van der Waals surface area (Å²) in [5.74, 6) is -0.600. The molecule has 87 heavy (non-hydrogen) atoms. The minimum absolute atomic E-state index is 0.106. The van der Waals surface area contributed by atoms with Crippen molar-refractivity contribution in [3.05, 3.63) is 0 Å². The lowest BCUT2D eigenvalue weighted by molar-refractivity contribution is -0.161. The van der Waals surface area contributed by atoms with Gasteiger partial charge >= 0.3 is 39.5 Å². The zero-order valence-corrected chi connectivity index (χ0v) is 58.1. The highest BCUT2D eigenvalue weighted by molar-refractivity contribution is 7.47. The predicted octanol–water partition coefficient (Wildman–Crippen LogP) is 19.2. The summed E-state index contributed by atoms with van der Waals surface area (Å²) in [4.78, 5) is 72.2. The maximum Gasteiger partial charge on any atom is 0.472 e. The Hall–Kier alpha value is -1.94. The number of carbonyl (C=O) groups excluding carboxylic acids is 4. The third-order valence-electron chi connectivity index (χ3n) is 15.7. The van der Waals surface area contributed by atoms with Crippen LogP contribution in [0.4, 0.5) is 0 Å². The monoisotopic (exact) mass is 1280 g/mol. The molecule has 5 atom stereocenters. The number of phosphoric acid groups is 2. The van der Waals surface area contributed by atoms with E-state index in [1.165, 1.54) is 154 Å². The summed E-state index contributed by atoms with van der Waals surface area (Å²) >= 11 is 0. The van der Waals surface area contributed by atoms with Crippen molar-refractivity contribution in [2.24, 2.45) is 11.8 Å². The van der Waals surface area contributed by atoms with Crippen molar-refractivity contribution in [1.29, 1.82) is 0 Å². The van der Waals surface area contributed by atoms with E-state index in [0.29, 0.717) is 25.7 Å². The first-order valence-corrected chi connectivity index (χ1v) is 38.5. The molecule has 19 heteroatoms. The van der Waals surface area contributed by atoms with Crippen LogP contribution in [0.3, 0.4) is 0 Å². The molecule has 0 aromatic carbocycles. The van der Waals surface area contributed by atoms with E-state index in [1.54, 1.807) is 0 Å². The number of hydrogen-bond acceptors (Lipinski definition) is 15. The van der Waals surface area contributed by atoms with E-state index in [9.17, 15) is 43.2 Å². The highest BCUT2D eigenvalue weighted by Crippen LogP contribution is 2.45. The van der Waals surface area contributed by atoms with Crippen molar-refractivity contribution in [2.45, 2.75) is 362 Å². The van der Waals surface area contributed by atoms with Crippen molar-refractivity contribution in [3.8, 4) is 0 Å². The Bertz CT molecular complexity index is 1700. The average Bonchev–Trinajstić information content (AvgIpc) is 3.70. The van der Waals surface area contributed by atoms with Crippen molar-refractivity contribution >= 4 is 39.5 Å². The molecular weight excluding hydrogens is 1150 g/mol. The molecular formula is C68H132O17P2. The average molecular weight is 1280 g/mol. The van der Waals surface area contributed by atoms with Crippen molar-refractivity contribution in [1.82, 2.24) is 0 Å². The van der Waals surface area contributed by atoms with Crippen LogP contribution in [0.2, 0.25) is 0 Å². The molecule has 0 amide bonds. The number of hydrogen-bond donors (Lipinski definition) is 3. The van der Waals surface area contributed by atoms with Gasteiger partial charge in [-0.05, 0) is 37.5 Å². The lowest BCUT2D eigenvalue weighted by Gasteiger charge is -2.21. The van der Waals surface area contributed by atoms with E-state index in [0.717, 1.165) is 108 Å². The molecule has 0 aromatic heterocycles. The molecule has 0 heterocycles. The second kappa shape index (κ2) is 60.3. The van der Waals surface area contributed by atoms with Gasteiger partial charge in [-0.1, -0.05) is 292 Å².